The van der Waals surface area contributed by atoms with Crippen LogP contribution in [0.25, 0.3) is 0 Å². The van der Waals surface area contributed by atoms with E-state index in [0.717, 1.165) is 41.8 Å². The summed E-state index contributed by atoms with van der Waals surface area (Å²) in [4.78, 5) is 28.2. The van der Waals surface area contributed by atoms with Gasteiger partial charge < -0.3 is 15.0 Å². The lowest BCUT2D eigenvalue weighted by Gasteiger charge is -2.33. The van der Waals surface area contributed by atoms with E-state index in [9.17, 15) is 18.0 Å². The largest absolute Gasteiger partial charge is 0.497 e. The Balaban J connectivity index is 1.80. The lowest BCUT2D eigenvalue weighted by Crippen LogP contribution is -2.53. The van der Waals surface area contributed by atoms with E-state index in [1.165, 1.54) is 18.4 Å². The Labute approximate surface area is 214 Å². The molecule has 9 heteroatoms. The summed E-state index contributed by atoms with van der Waals surface area (Å²) in [5.74, 6) is -0.0619. The van der Waals surface area contributed by atoms with Crippen molar-refractivity contribution in [2.45, 2.75) is 57.5 Å². The van der Waals surface area contributed by atoms with E-state index in [0.29, 0.717) is 24.4 Å². The lowest BCUT2D eigenvalue weighted by molar-refractivity contribution is -0.139. The van der Waals surface area contributed by atoms with Crippen LogP contribution in [-0.4, -0.2) is 63.7 Å². The molecule has 1 saturated carbocycles. The van der Waals surface area contributed by atoms with Gasteiger partial charge in [0.2, 0.25) is 21.8 Å². The Morgan fingerprint density at radius 3 is 2.25 bits per heavy atom. The number of carbonyl (C=O) groups is 2. The first kappa shape index (κ1) is 27.5. The third-order valence-electron chi connectivity index (χ3n) is 6.64. The van der Waals surface area contributed by atoms with Crippen LogP contribution >= 0.6 is 0 Å². The predicted molar refractivity (Wildman–Crippen MR) is 142 cm³/mol. The van der Waals surface area contributed by atoms with Crippen LogP contribution in [0.1, 0.15) is 44.6 Å². The van der Waals surface area contributed by atoms with Gasteiger partial charge in [-0.3, -0.25) is 13.9 Å². The van der Waals surface area contributed by atoms with Gasteiger partial charge in [-0.2, -0.15) is 0 Å². The normalized spacial score (nSPS) is 15.1. The number of anilines is 1. The van der Waals surface area contributed by atoms with Gasteiger partial charge in [-0.05, 0) is 56.0 Å². The van der Waals surface area contributed by atoms with Crippen molar-refractivity contribution in [1.29, 1.82) is 0 Å². The van der Waals surface area contributed by atoms with Crippen molar-refractivity contribution in [3.05, 3.63) is 60.2 Å². The van der Waals surface area contributed by atoms with E-state index in [1.54, 1.807) is 31.2 Å². The van der Waals surface area contributed by atoms with Crippen LogP contribution in [0, 0.1) is 0 Å². The molecule has 0 unspecified atom stereocenters. The Morgan fingerprint density at radius 1 is 1.03 bits per heavy atom. The third-order valence-corrected chi connectivity index (χ3v) is 7.78. The van der Waals surface area contributed by atoms with Gasteiger partial charge in [-0.15, -0.1) is 0 Å². The van der Waals surface area contributed by atoms with Crippen molar-refractivity contribution < 1.29 is 22.7 Å². The van der Waals surface area contributed by atoms with E-state index in [-0.39, 0.29) is 11.9 Å². The van der Waals surface area contributed by atoms with Gasteiger partial charge in [0, 0.05) is 12.6 Å². The number of hydrogen-bond donors (Lipinski definition) is 1. The second-order valence-corrected chi connectivity index (χ2v) is 11.2. The lowest BCUT2D eigenvalue weighted by atomic mass is 9.95. The number of hydrogen-bond acceptors (Lipinski definition) is 5. The molecule has 8 nitrogen and oxygen atoms in total. The molecule has 0 aromatic heterocycles. The number of carbonyl (C=O) groups excluding carboxylic acids is 2. The van der Waals surface area contributed by atoms with Crippen LogP contribution in [0.2, 0.25) is 0 Å². The average molecular weight is 516 g/mol. The first-order valence-corrected chi connectivity index (χ1v) is 14.3. The van der Waals surface area contributed by atoms with Crippen LogP contribution in [0.15, 0.2) is 54.6 Å². The fourth-order valence-electron chi connectivity index (χ4n) is 4.50. The van der Waals surface area contributed by atoms with Crippen molar-refractivity contribution in [2.24, 2.45) is 0 Å². The summed E-state index contributed by atoms with van der Waals surface area (Å²) in [6.07, 6.45) is 6.84. The molecule has 0 spiro atoms. The van der Waals surface area contributed by atoms with E-state index in [2.05, 4.69) is 5.32 Å². The van der Waals surface area contributed by atoms with Crippen LogP contribution in [0.5, 0.6) is 5.75 Å². The maximum atomic E-state index is 13.6. The molecule has 1 N–H and O–H groups in total. The molecule has 1 aliphatic rings. The number of nitrogens with one attached hydrogen (secondary N) is 1. The zero-order chi connectivity index (χ0) is 26.1. The summed E-state index contributed by atoms with van der Waals surface area (Å²) >= 11 is 0. The maximum Gasteiger partial charge on any atom is 0.244 e. The van der Waals surface area contributed by atoms with Crippen molar-refractivity contribution in [2.75, 3.05) is 30.8 Å². The first-order chi connectivity index (χ1) is 17.2. The van der Waals surface area contributed by atoms with E-state index >= 15 is 0 Å². The van der Waals surface area contributed by atoms with Gasteiger partial charge in [-0.25, -0.2) is 8.42 Å². The Hall–Kier alpha value is -3.07. The molecule has 3 rings (SSSR count). The standard InChI is InChI=1S/C27H37N3O5S/c1-21(27(32)28-23-12-8-5-9-13-23)29(19-18-22-10-6-4-7-11-22)26(31)20-30(36(3,33)34)24-14-16-25(35-2)17-15-24/h4,6-7,10-11,14-17,21,23H,5,8-9,12-13,18-20H2,1-3H3,(H,28,32)/t21-/m1/s1. The highest BCUT2D eigenvalue weighted by molar-refractivity contribution is 7.92. The summed E-state index contributed by atoms with van der Waals surface area (Å²) < 4.78 is 31.5. The number of rotatable bonds is 11. The minimum absolute atomic E-state index is 0.117. The summed E-state index contributed by atoms with van der Waals surface area (Å²) in [7, 11) is -2.23. The fraction of sp³-hybridized carbons (Fsp3) is 0.481. The second-order valence-electron chi connectivity index (χ2n) is 9.31. The molecule has 2 aromatic carbocycles. The number of benzene rings is 2. The highest BCUT2D eigenvalue weighted by atomic mass is 32.2. The van der Waals surface area contributed by atoms with Gasteiger partial charge in [0.05, 0.1) is 19.1 Å². The predicted octanol–water partition coefficient (Wildman–Crippen LogP) is 3.37. The van der Waals surface area contributed by atoms with Crippen LogP contribution in [0.3, 0.4) is 0 Å². The molecule has 1 atom stereocenters. The molecule has 0 aliphatic heterocycles. The highest BCUT2D eigenvalue weighted by Crippen LogP contribution is 2.22. The maximum absolute atomic E-state index is 13.6. The Bertz CT molecular complexity index is 1100. The summed E-state index contributed by atoms with van der Waals surface area (Å²) in [5.41, 5.74) is 1.39. The summed E-state index contributed by atoms with van der Waals surface area (Å²) in [6.45, 7) is 1.60. The molecule has 36 heavy (non-hydrogen) atoms. The van der Waals surface area contributed by atoms with Gasteiger partial charge in [0.15, 0.2) is 0 Å². The minimum atomic E-state index is -3.76. The van der Waals surface area contributed by atoms with E-state index < -0.39 is 28.5 Å². The van der Waals surface area contributed by atoms with Gasteiger partial charge in [0.25, 0.3) is 0 Å². The molecular formula is C27H37N3O5S. The zero-order valence-electron chi connectivity index (χ0n) is 21.4. The zero-order valence-corrected chi connectivity index (χ0v) is 22.2. The molecule has 2 aromatic rings. The molecule has 196 valence electrons. The minimum Gasteiger partial charge on any atom is -0.497 e. The van der Waals surface area contributed by atoms with Gasteiger partial charge in [0.1, 0.15) is 18.3 Å². The molecule has 2 amide bonds. The monoisotopic (exact) mass is 515 g/mol. The Morgan fingerprint density at radius 2 is 1.67 bits per heavy atom. The second kappa shape index (κ2) is 12.8. The fourth-order valence-corrected chi connectivity index (χ4v) is 5.35. The van der Waals surface area contributed by atoms with Crippen LogP contribution in [-0.2, 0) is 26.0 Å². The molecule has 1 aliphatic carbocycles. The highest BCUT2D eigenvalue weighted by Gasteiger charge is 2.30. The van der Waals surface area contributed by atoms with Crippen molar-refractivity contribution in [3.8, 4) is 5.75 Å². The topological polar surface area (TPSA) is 96.0 Å². The number of amides is 2. The first-order valence-electron chi connectivity index (χ1n) is 12.4. The van der Waals surface area contributed by atoms with Crippen LogP contribution in [0.4, 0.5) is 5.69 Å². The van der Waals surface area contributed by atoms with Crippen molar-refractivity contribution in [1.82, 2.24) is 10.2 Å². The molecule has 1 fully saturated rings. The SMILES string of the molecule is COc1ccc(N(CC(=O)N(CCc2ccccc2)[C@H](C)C(=O)NC2CCCCC2)S(C)(=O)=O)cc1. The smallest absolute Gasteiger partial charge is 0.244 e. The van der Waals surface area contributed by atoms with Crippen LogP contribution < -0.4 is 14.4 Å². The van der Waals surface area contributed by atoms with E-state index in [1.807, 2.05) is 30.3 Å². The summed E-state index contributed by atoms with van der Waals surface area (Å²) in [6, 6.07) is 15.6. The van der Waals surface area contributed by atoms with Gasteiger partial charge in [-0.1, -0.05) is 49.6 Å². The van der Waals surface area contributed by atoms with Crippen molar-refractivity contribution in [3.63, 3.8) is 0 Å². The molecule has 0 bridgehead atoms. The number of nitrogens with zero attached hydrogens (tertiary/aromatic N) is 2. The molecular weight excluding hydrogens is 478 g/mol. The molecule has 0 saturated heterocycles. The molecule has 0 radical (unpaired) electrons. The number of ether oxygens (including phenoxy) is 1. The van der Waals surface area contributed by atoms with E-state index in [4.69, 9.17) is 4.74 Å². The number of sulfonamides is 1. The molecule has 0 heterocycles. The third kappa shape index (κ3) is 7.71. The van der Waals surface area contributed by atoms with Gasteiger partial charge >= 0.3 is 0 Å². The number of methoxy groups -OCH3 is 1. The Kier molecular flexibility index (Phi) is 9.75. The van der Waals surface area contributed by atoms with Crippen molar-refractivity contribution >= 4 is 27.5 Å². The summed E-state index contributed by atoms with van der Waals surface area (Å²) in [5, 5.41) is 3.10. The average Bonchev–Trinajstić information content (AvgIpc) is 2.88. The quantitative estimate of drug-likeness (QED) is 0.495.